The van der Waals surface area contributed by atoms with Gasteiger partial charge in [0.1, 0.15) is 11.8 Å². The molecule has 2 heterocycles. The van der Waals surface area contributed by atoms with E-state index in [1.807, 2.05) is 12.1 Å². The van der Waals surface area contributed by atoms with Gasteiger partial charge in [0.2, 0.25) is 0 Å². The minimum Gasteiger partial charge on any atom is -0.370 e. The lowest BCUT2D eigenvalue weighted by molar-refractivity contribution is 0.0502. The smallest absolute Gasteiger partial charge is 0.358 e. The van der Waals surface area contributed by atoms with Gasteiger partial charge in [0.15, 0.2) is 0 Å². The summed E-state index contributed by atoms with van der Waals surface area (Å²) >= 11 is 6.09. The first-order valence-electron chi connectivity index (χ1n) is 8.14. The van der Waals surface area contributed by atoms with Crippen LogP contribution >= 0.6 is 11.6 Å². The fraction of sp³-hybridized carbons (Fsp3) is 0.222. The molecule has 0 aliphatic carbocycles. The van der Waals surface area contributed by atoms with Gasteiger partial charge in [0.25, 0.3) is 5.91 Å². The van der Waals surface area contributed by atoms with Crippen LogP contribution in [0, 0.1) is 11.3 Å². The van der Waals surface area contributed by atoms with Crippen molar-refractivity contribution >= 4 is 29.2 Å². The van der Waals surface area contributed by atoms with E-state index in [1.165, 1.54) is 18.3 Å². The number of nitrogens with one attached hydrogen (secondary N) is 1. The Bertz CT molecular complexity index is 910. The van der Waals surface area contributed by atoms with E-state index >= 15 is 0 Å². The van der Waals surface area contributed by atoms with E-state index in [9.17, 15) is 9.59 Å². The van der Waals surface area contributed by atoms with E-state index in [0.29, 0.717) is 17.1 Å². The predicted molar refractivity (Wildman–Crippen MR) is 98.1 cm³/mol. The van der Waals surface area contributed by atoms with E-state index in [2.05, 4.69) is 20.0 Å². The SMILES string of the molecule is N#Cc1ccc(N2CC[C@H](NC(=O)c3ccc(C(=O)ON)cn3)C2)cc1Cl. The Morgan fingerprint density at radius 1 is 1.37 bits per heavy atom. The number of anilines is 1. The molecule has 1 aliphatic heterocycles. The second-order valence-electron chi connectivity index (χ2n) is 6.02. The minimum absolute atomic E-state index is 0.0533. The maximum absolute atomic E-state index is 12.3. The molecule has 27 heavy (non-hydrogen) atoms. The summed E-state index contributed by atoms with van der Waals surface area (Å²) in [4.78, 5) is 33.8. The molecule has 0 unspecified atom stereocenters. The molecule has 138 valence electrons. The lowest BCUT2D eigenvalue weighted by atomic mass is 10.2. The Morgan fingerprint density at radius 2 is 2.19 bits per heavy atom. The summed E-state index contributed by atoms with van der Waals surface area (Å²) in [6.07, 6.45) is 2.00. The van der Waals surface area contributed by atoms with Crippen LogP contribution in [-0.2, 0) is 4.84 Å². The normalized spacial score (nSPS) is 15.9. The highest BCUT2D eigenvalue weighted by molar-refractivity contribution is 6.32. The number of carbonyl (C=O) groups excluding carboxylic acids is 2. The van der Waals surface area contributed by atoms with Crippen molar-refractivity contribution in [1.82, 2.24) is 10.3 Å². The van der Waals surface area contributed by atoms with Gasteiger partial charge in [0.05, 0.1) is 16.1 Å². The Hall–Kier alpha value is -3.15. The maximum Gasteiger partial charge on any atom is 0.358 e. The van der Waals surface area contributed by atoms with Crippen LogP contribution in [0.3, 0.4) is 0 Å². The van der Waals surface area contributed by atoms with Gasteiger partial charge in [-0.2, -0.15) is 11.2 Å². The monoisotopic (exact) mass is 385 g/mol. The van der Waals surface area contributed by atoms with E-state index in [1.54, 1.807) is 12.1 Å². The summed E-state index contributed by atoms with van der Waals surface area (Å²) < 4.78 is 0. The third kappa shape index (κ3) is 4.16. The number of rotatable bonds is 4. The molecule has 1 aromatic heterocycles. The van der Waals surface area contributed by atoms with Crippen molar-refractivity contribution in [2.45, 2.75) is 12.5 Å². The van der Waals surface area contributed by atoms with Crippen molar-refractivity contribution < 1.29 is 14.4 Å². The molecule has 8 nitrogen and oxygen atoms in total. The molecule has 3 rings (SSSR count). The average molecular weight is 386 g/mol. The average Bonchev–Trinajstić information content (AvgIpc) is 3.15. The molecule has 9 heteroatoms. The molecule has 0 saturated carbocycles. The number of nitriles is 1. The van der Waals surface area contributed by atoms with E-state index in [-0.39, 0.29) is 23.2 Å². The number of pyridine rings is 1. The summed E-state index contributed by atoms with van der Waals surface area (Å²) in [6, 6.07) is 10.1. The molecule has 1 saturated heterocycles. The molecule has 1 aromatic carbocycles. The Balaban J connectivity index is 1.61. The summed E-state index contributed by atoms with van der Waals surface area (Å²) in [5.74, 6) is 3.76. The number of hydrogen-bond donors (Lipinski definition) is 2. The maximum atomic E-state index is 12.3. The van der Waals surface area contributed by atoms with Gasteiger partial charge >= 0.3 is 5.97 Å². The molecule has 1 fully saturated rings. The number of benzene rings is 1. The van der Waals surface area contributed by atoms with Crippen molar-refractivity contribution in [2.24, 2.45) is 5.90 Å². The number of halogens is 1. The first kappa shape index (κ1) is 18.6. The third-order valence-corrected chi connectivity index (χ3v) is 4.61. The number of aromatic nitrogens is 1. The number of nitrogens with zero attached hydrogens (tertiary/aromatic N) is 3. The third-order valence-electron chi connectivity index (χ3n) is 4.30. The summed E-state index contributed by atoms with van der Waals surface area (Å²) in [7, 11) is 0. The second kappa shape index (κ2) is 8.03. The van der Waals surface area contributed by atoms with Crippen molar-refractivity contribution in [3.8, 4) is 6.07 Å². The van der Waals surface area contributed by atoms with Crippen molar-refractivity contribution in [3.63, 3.8) is 0 Å². The standard InChI is InChI=1S/C18H16ClN5O3/c19-15-7-14(3-1-11(15)8-20)24-6-5-13(10-24)23-17(25)16-4-2-12(9-22-16)18(26)27-21/h1-4,7,9,13H,5-6,10,21H2,(H,23,25)/t13-/m0/s1. The van der Waals surface area contributed by atoms with Crippen LogP contribution in [0.25, 0.3) is 0 Å². The number of hydrogen-bond acceptors (Lipinski definition) is 7. The number of carbonyl (C=O) groups is 2. The molecular formula is C18H16ClN5O3. The van der Waals surface area contributed by atoms with Crippen LogP contribution in [-0.4, -0.2) is 36.0 Å². The number of amides is 1. The zero-order valence-corrected chi connectivity index (χ0v) is 14.9. The van der Waals surface area contributed by atoms with Crippen LogP contribution in [0.2, 0.25) is 5.02 Å². The summed E-state index contributed by atoms with van der Waals surface area (Å²) in [5, 5.41) is 12.3. The first-order valence-corrected chi connectivity index (χ1v) is 8.52. The van der Waals surface area contributed by atoms with Gasteiger partial charge in [-0.1, -0.05) is 11.6 Å². The van der Waals surface area contributed by atoms with Crippen LogP contribution in [0.15, 0.2) is 36.5 Å². The van der Waals surface area contributed by atoms with Crippen molar-refractivity contribution in [2.75, 3.05) is 18.0 Å². The van der Waals surface area contributed by atoms with Crippen LogP contribution in [0.5, 0.6) is 0 Å². The molecular weight excluding hydrogens is 370 g/mol. The zero-order valence-electron chi connectivity index (χ0n) is 14.2. The summed E-state index contributed by atoms with van der Waals surface area (Å²) in [6.45, 7) is 1.37. The molecule has 2 aromatic rings. The first-order chi connectivity index (χ1) is 13.0. The highest BCUT2D eigenvalue weighted by Crippen LogP contribution is 2.26. The Morgan fingerprint density at radius 3 is 2.81 bits per heavy atom. The molecule has 3 N–H and O–H groups in total. The van der Waals surface area contributed by atoms with Gasteiger partial charge in [-0.05, 0) is 36.8 Å². The molecule has 0 radical (unpaired) electrons. The Labute approximate surface area is 160 Å². The van der Waals surface area contributed by atoms with E-state index < -0.39 is 5.97 Å². The predicted octanol–water partition coefficient (Wildman–Crippen LogP) is 1.65. The van der Waals surface area contributed by atoms with Gasteiger partial charge in [-0.3, -0.25) is 9.78 Å². The zero-order chi connectivity index (χ0) is 19.4. The molecule has 1 amide bonds. The van der Waals surface area contributed by atoms with Crippen LogP contribution in [0.4, 0.5) is 5.69 Å². The number of nitrogens with two attached hydrogens (primary N) is 1. The second-order valence-corrected chi connectivity index (χ2v) is 6.43. The topological polar surface area (TPSA) is 121 Å². The fourth-order valence-corrected chi connectivity index (χ4v) is 3.10. The largest absolute Gasteiger partial charge is 0.370 e. The van der Waals surface area contributed by atoms with Gasteiger partial charge < -0.3 is 15.1 Å². The van der Waals surface area contributed by atoms with Crippen LogP contribution < -0.4 is 16.1 Å². The molecule has 0 spiro atoms. The van der Waals surface area contributed by atoms with Crippen molar-refractivity contribution in [3.05, 3.63) is 58.4 Å². The van der Waals surface area contributed by atoms with Gasteiger partial charge in [0, 0.05) is 31.0 Å². The Kier molecular flexibility index (Phi) is 5.54. The highest BCUT2D eigenvalue weighted by atomic mass is 35.5. The van der Waals surface area contributed by atoms with Gasteiger partial charge in [-0.15, -0.1) is 0 Å². The molecule has 0 bridgehead atoms. The quantitative estimate of drug-likeness (QED) is 0.767. The van der Waals surface area contributed by atoms with Crippen molar-refractivity contribution in [1.29, 1.82) is 5.26 Å². The lowest BCUT2D eigenvalue weighted by Gasteiger charge is -2.19. The summed E-state index contributed by atoms with van der Waals surface area (Å²) in [5.41, 5.74) is 1.69. The molecule has 1 aliphatic rings. The minimum atomic E-state index is -0.720. The van der Waals surface area contributed by atoms with Gasteiger partial charge in [-0.25, -0.2) is 4.79 Å². The molecule has 1 atom stereocenters. The highest BCUT2D eigenvalue weighted by Gasteiger charge is 2.25. The fourth-order valence-electron chi connectivity index (χ4n) is 2.88. The van der Waals surface area contributed by atoms with E-state index in [0.717, 1.165) is 18.7 Å². The van der Waals surface area contributed by atoms with E-state index in [4.69, 9.17) is 22.8 Å². The van der Waals surface area contributed by atoms with Crippen LogP contribution in [0.1, 0.15) is 32.8 Å². The lowest BCUT2D eigenvalue weighted by Crippen LogP contribution is -2.37.